The van der Waals surface area contributed by atoms with Crippen molar-refractivity contribution in [2.45, 2.75) is 60.3 Å². The Hall–Kier alpha value is -0.780. The van der Waals surface area contributed by atoms with Gasteiger partial charge >= 0.3 is 0 Å². The maximum atomic E-state index is 2.26. The van der Waals surface area contributed by atoms with Crippen LogP contribution < -0.4 is 0 Å². The summed E-state index contributed by atoms with van der Waals surface area (Å²) >= 11 is 0. The molecule has 0 N–H and O–H groups in total. The average molecular weight is 206 g/mol. The van der Waals surface area contributed by atoms with E-state index in [0.717, 1.165) is 0 Å². The molecule has 1 aliphatic rings. The molecule has 0 aromatic carbocycles. The maximum Gasteiger partial charge on any atom is -0.0280 e. The molecule has 86 valence electrons. The molecule has 0 aliphatic heterocycles. The fourth-order valence-electron chi connectivity index (χ4n) is 1.28. The van der Waals surface area contributed by atoms with Gasteiger partial charge in [0.15, 0.2) is 0 Å². The van der Waals surface area contributed by atoms with Gasteiger partial charge in [0.25, 0.3) is 0 Å². The lowest BCUT2D eigenvalue weighted by molar-refractivity contribution is 0.857. The number of allylic oxidation sites excluding steroid dienone is 6. The first-order valence-corrected chi connectivity index (χ1v) is 6.11. The summed E-state index contributed by atoms with van der Waals surface area (Å²) in [4.78, 5) is 0. The highest BCUT2D eigenvalue weighted by Crippen LogP contribution is 2.19. The normalized spacial score (nSPS) is 16.2. The third-order valence-corrected chi connectivity index (χ3v) is 2.95. The standard InChI is InChI=1S/C9H14.C6H12/c1-3-9-6-4-8(2)5-7-9;1-4-6(3)5-2/h4,6H,3,5,7H2,1-2H3;4H,5H2,1-3H3/b;6-4-. The van der Waals surface area contributed by atoms with Gasteiger partial charge in [0.1, 0.15) is 0 Å². The fraction of sp³-hybridized carbons (Fsp3) is 0.600. The molecule has 0 nitrogen and oxygen atoms in total. The minimum absolute atomic E-state index is 1.19. The van der Waals surface area contributed by atoms with Crippen LogP contribution in [0.25, 0.3) is 0 Å². The third-order valence-electron chi connectivity index (χ3n) is 2.95. The van der Waals surface area contributed by atoms with E-state index in [1.807, 2.05) is 0 Å². The number of rotatable bonds is 2. The Kier molecular flexibility index (Phi) is 8.08. The molecule has 0 heteroatoms. The largest absolute Gasteiger partial charge is 0.0887 e. The predicted molar refractivity (Wildman–Crippen MR) is 71.1 cm³/mol. The van der Waals surface area contributed by atoms with Crippen LogP contribution in [0.1, 0.15) is 60.3 Å². The first kappa shape index (κ1) is 14.2. The SMILES string of the molecule is C/C=C(/C)CC.CCC1=CC=C(C)CC1. The topological polar surface area (TPSA) is 0 Å². The number of hydrogen-bond acceptors (Lipinski definition) is 0. The molecule has 0 fully saturated rings. The van der Waals surface area contributed by atoms with Gasteiger partial charge in [-0.3, -0.25) is 0 Å². The molecule has 0 amide bonds. The smallest absolute Gasteiger partial charge is 0.0280 e. The minimum Gasteiger partial charge on any atom is -0.0887 e. The molecule has 0 aromatic rings. The molecule has 0 saturated carbocycles. The highest BCUT2D eigenvalue weighted by molar-refractivity contribution is 5.22. The summed E-state index contributed by atoms with van der Waals surface area (Å²) in [5.41, 5.74) is 4.59. The average Bonchev–Trinajstić information content (AvgIpc) is 2.30. The summed E-state index contributed by atoms with van der Waals surface area (Å²) < 4.78 is 0. The van der Waals surface area contributed by atoms with Crippen molar-refractivity contribution >= 4 is 0 Å². The molecule has 0 atom stereocenters. The van der Waals surface area contributed by atoms with Crippen molar-refractivity contribution in [2.75, 3.05) is 0 Å². The first-order valence-electron chi connectivity index (χ1n) is 6.11. The van der Waals surface area contributed by atoms with E-state index in [1.165, 1.54) is 36.8 Å². The van der Waals surface area contributed by atoms with E-state index < -0.39 is 0 Å². The van der Waals surface area contributed by atoms with Gasteiger partial charge in [-0.2, -0.15) is 0 Å². The van der Waals surface area contributed by atoms with Gasteiger partial charge in [0.2, 0.25) is 0 Å². The summed E-state index contributed by atoms with van der Waals surface area (Å²) in [5, 5.41) is 0. The Bertz CT molecular complexity index is 251. The van der Waals surface area contributed by atoms with Gasteiger partial charge < -0.3 is 0 Å². The zero-order valence-electron chi connectivity index (χ0n) is 11.1. The first-order chi connectivity index (χ1) is 7.13. The summed E-state index contributed by atoms with van der Waals surface area (Å²) in [6.45, 7) is 10.8. The quantitative estimate of drug-likeness (QED) is 0.529. The molecule has 1 rings (SSSR count). The molecule has 0 saturated heterocycles. The van der Waals surface area contributed by atoms with Crippen LogP contribution in [0.3, 0.4) is 0 Å². The molecule has 0 aromatic heterocycles. The van der Waals surface area contributed by atoms with Gasteiger partial charge in [0, 0.05) is 0 Å². The van der Waals surface area contributed by atoms with Crippen molar-refractivity contribution < 1.29 is 0 Å². The lowest BCUT2D eigenvalue weighted by Crippen LogP contribution is -1.88. The van der Waals surface area contributed by atoms with Gasteiger partial charge in [-0.1, -0.05) is 48.8 Å². The van der Waals surface area contributed by atoms with Crippen LogP contribution in [0.2, 0.25) is 0 Å². The molecule has 1 aliphatic carbocycles. The predicted octanol–water partition coefficient (Wildman–Crippen LogP) is 5.43. The Labute approximate surface area is 95.8 Å². The highest BCUT2D eigenvalue weighted by Gasteiger charge is 1.99. The summed E-state index contributed by atoms with van der Waals surface area (Å²) in [6.07, 6.45) is 11.6. The van der Waals surface area contributed by atoms with E-state index in [0.29, 0.717) is 0 Å². The second-order valence-corrected chi connectivity index (χ2v) is 4.18. The van der Waals surface area contributed by atoms with E-state index >= 15 is 0 Å². The Balaban J connectivity index is 0.000000288. The van der Waals surface area contributed by atoms with Crippen LogP contribution in [0.5, 0.6) is 0 Å². The Morgan fingerprint density at radius 2 is 1.93 bits per heavy atom. The molecule has 0 radical (unpaired) electrons. The Morgan fingerprint density at radius 3 is 2.20 bits per heavy atom. The van der Waals surface area contributed by atoms with Crippen LogP contribution in [0.15, 0.2) is 34.9 Å². The Morgan fingerprint density at radius 1 is 1.27 bits per heavy atom. The second-order valence-electron chi connectivity index (χ2n) is 4.18. The summed E-state index contributed by atoms with van der Waals surface area (Å²) in [7, 11) is 0. The van der Waals surface area contributed by atoms with Gasteiger partial charge in [-0.15, -0.1) is 0 Å². The zero-order valence-corrected chi connectivity index (χ0v) is 11.1. The van der Waals surface area contributed by atoms with Crippen molar-refractivity contribution in [3.63, 3.8) is 0 Å². The summed E-state index contributed by atoms with van der Waals surface area (Å²) in [6, 6.07) is 0. The van der Waals surface area contributed by atoms with E-state index in [1.54, 1.807) is 5.57 Å². The molecular weight excluding hydrogens is 180 g/mol. The van der Waals surface area contributed by atoms with Crippen LogP contribution >= 0.6 is 0 Å². The highest BCUT2D eigenvalue weighted by atomic mass is 14.0. The van der Waals surface area contributed by atoms with Crippen LogP contribution in [-0.2, 0) is 0 Å². The number of hydrogen-bond donors (Lipinski definition) is 0. The van der Waals surface area contributed by atoms with Crippen molar-refractivity contribution in [3.8, 4) is 0 Å². The molecule has 0 unspecified atom stereocenters. The molecule has 0 heterocycles. The molecular formula is C15H26. The van der Waals surface area contributed by atoms with E-state index in [4.69, 9.17) is 0 Å². The van der Waals surface area contributed by atoms with Crippen LogP contribution in [0, 0.1) is 0 Å². The van der Waals surface area contributed by atoms with Gasteiger partial charge in [-0.25, -0.2) is 0 Å². The second kappa shape index (κ2) is 8.52. The van der Waals surface area contributed by atoms with Gasteiger partial charge in [0.05, 0.1) is 0 Å². The molecule has 15 heavy (non-hydrogen) atoms. The lowest BCUT2D eigenvalue weighted by Gasteiger charge is -2.08. The van der Waals surface area contributed by atoms with Crippen molar-refractivity contribution in [2.24, 2.45) is 0 Å². The van der Waals surface area contributed by atoms with Crippen molar-refractivity contribution in [1.29, 1.82) is 0 Å². The van der Waals surface area contributed by atoms with Crippen LogP contribution in [-0.4, -0.2) is 0 Å². The zero-order chi connectivity index (χ0) is 11.7. The van der Waals surface area contributed by atoms with E-state index in [9.17, 15) is 0 Å². The summed E-state index contributed by atoms with van der Waals surface area (Å²) in [5.74, 6) is 0. The van der Waals surface area contributed by atoms with Crippen LogP contribution in [0.4, 0.5) is 0 Å². The van der Waals surface area contributed by atoms with E-state index in [-0.39, 0.29) is 0 Å². The minimum atomic E-state index is 1.19. The van der Waals surface area contributed by atoms with Crippen molar-refractivity contribution in [1.82, 2.24) is 0 Å². The molecule has 0 spiro atoms. The fourth-order valence-corrected chi connectivity index (χ4v) is 1.28. The monoisotopic (exact) mass is 206 g/mol. The third kappa shape index (κ3) is 7.18. The van der Waals surface area contributed by atoms with Crippen molar-refractivity contribution in [3.05, 3.63) is 34.9 Å². The van der Waals surface area contributed by atoms with E-state index in [2.05, 4.69) is 52.8 Å². The maximum absolute atomic E-state index is 2.26. The molecule has 0 bridgehead atoms. The van der Waals surface area contributed by atoms with Gasteiger partial charge in [-0.05, 0) is 46.5 Å². The lowest BCUT2D eigenvalue weighted by atomic mass is 9.98.